The van der Waals surface area contributed by atoms with Gasteiger partial charge in [-0.3, -0.25) is 9.59 Å². The van der Waals surface area contributed by atoms with E-state index >= 15 is 0 Å². The first-order valence-electron chi connectivity index (χ1n) is 6.55. The van der Waals surface area contributed by atoms with E-state index in [0.29, 0.717) is 18.5 Å². The molecular weight excluding hydrogens is 294 g/mol. The van der Waals surface area contributed by atoms with Crippen LogP contribution in [0.4, 0.5) is 0 Å². The van der Waals surface area contributed by atoms with E-state index in [-0.39, 0.29) is 16.8 Å². The zero-order valence-electron chi connectivity index (χ0n) is 11.8. The highest BCUT2D eigenvalue weighted by Gasteiger charge is 2.38. The standard InChI is InChI=1S/C14H17NO5S/c1-9-12(14(17)18)7-8-15(9)13(16)10-3-5-11(6-4-10)21(2,19)20/h3-6,9,12H,7-8H2,1-2H3,(H,17,18). The molecule has 0 spiro atoms. The predicted octanol–water partition coefficient (Wildman–Crippen LogP) is 1.03. The number of aliphatic carboxylic acids is 1. The lowest BCUT2D eigenvalue weighted by atomic mass is 10.0. The lowest BCUT2D eigenvalue weighted by molar-refractivity contribution is -0.142. The molecule has 2 atom stereocenters. The molecule has 1 aliphatic heterocycles. The monoisotopic (exact) mass is 311 g/mol. The minimum absolute atomic E-state index is 0.150. The molecule has 1 N–H and O–H groups in total. The van der Waals surface area contributed by atoms with Crippen molar-refractivity contribution in [3.05, 3.63) is 29.8 Å². The molecule has 114 valence electrons. The average Bonchev–Trinajstić information content (AvgIpc) is 2.79. The van der Waals surface area contributed by atoms with Crippen LogP contribution in [0.1, 0.15) is 23.7 Å². The van der Waals surface area contributed by atoms with E-state index < -0.39 is 21.7 Å². The first kappa shape index (κ1) is 15.5. The molecule has 0 aromatic heterocycles. The maximum atomic E-state index is 12.4. The van der Waals surface area contributed by atoms with Gasteiger partial charge in [-0.05, 0) is 37.6 Å². The summed E-state index contributed by atoms with van der Waals surface area (Å²) >= 11 is 0. The van der Waals surface area contributed by atoms with Gasteiger partial charge in [0.05, 0.1) is 10.8 Å². The number of carbonyl (C=O) groups excluding carboxylic acids is 1. The van der Waals surface area contributed by atoms with Crippen molar-refractivity contribution in [2.75, 3.05) is 12.8 Å². The van der Waals surface area contributed by atoms with E-state index in [1.54, 1.807) is 6.92 Å². The first-order valence-corrected chi connectivity index (χ1v) is 8.45. The van der Waals surface area contributed by atoms with Gasteiger partial charge in [-0.2, -0.15) is 0 Å². The lowest BCUT2D eigenvalue weighted by Gasteiger charge is -2.23. The SMILES string of the molecule is CC1C(C(=O)O)CCN1C(=O)c1ccc(S(C)(=O)=O)cc1. The molecule has 0 radical (unpaired) electrons. The van der Waals surface area contributed by atoms with Gasteiger partial charge in [0.25, 0.3) is 5.91 Å². The molecule has 6 nitrogen and oxygen atoms in total. The molecule has 7 heteroatoms. The quantitative estimate of drug-likeness (QED) is 0.900. The summed E-state index contributed by atoms with van der Waals surface area (Å²) in [4.78, 5) is 25.1. The minimum Gasteiger partial charge on any atom is -0.481 e. The molecule has 2 unspecified atom stereocenters. The van der Waals surface area contributed by atoms with Crippen LogP contribution in [0.5, 0.6) is 0 Å². The maximum absolute atomic E-state index is 12.4. The number of likely N-dealkylation sites (tertiary alicyclic amines) is 1. The summed E-state index contributed by atoms with van der Waals surface area (Å²) in [7, 11) is -3.30. The van der Waals surface area contributed by atoms with Crippen LogP contribution in [-0.4, -0.2) is 49.1 Å². The average molecular weight is 311 g/mol. The van der Waals surface area contributed by atoms with Gasteiger partial charge >= 0.3 is 5.97 Å². The van der Waals surface area contributed by atoms with Gasteiger partial charge in [-0.15, -0.1) is 0 Å². The summed E-state index contributed by atoms with van der Waals surface area (Å²) in [6.45, 7) is 2.11. The highest BCUT2D eigenvalue weighted by molar-refractivity contribution is 7.90. The Hall–Kier alpha value is -1.89. The van der Waals surface area contributed by atoms with Crippen LogP contribution in [0.15, 0.2) is 29.2 Å². The Morgan fingerprint density at radius 3 is 2.24 bits per heavy atom. The number of benzene rings is 1. The summed E-state index contributed by atoms with van der Waals surface area (Å²) in [6, 6.07) is 5.32. The zero-order valence-corrected chi connectivity index (χ0v) is 12.6. The molecule has 1 heterocycles. The van der Waals surface area contributed by atoms with Gasteiger partial charge < -0.3 is 10.0 Å². The normalized spacial score (nSPS) is 22.3. The van der Waals surface area contributed by atoms with E-state index in [2.05, 4.69) is 0 Å². The molecule has 0 bridgehead atoms. The van der Waals surface area contributed by atoms with Crippen molar-refractivity contribution in [3.8, 4) is 0 Å². The third-order valence-electron chi connectivity index (χ3n) is 3.86. The van der Waals surface area contributed by atoms with Crippen LogP contribution >= 0.6 is 0 Å². The summed E-state index contributed by atoms with van der Waals surface area (Å²) in [6.07, 6.45) is 1.54. The highest BCUT2D eigenvalue weighted by atomic mass is 32.2. The van der Waals surface area contributed by atoms with Gasteiger partial charge in [0, 0.05) is 24.4 Å². The summed E-state index contributed by atoms with van der Waals surface area (Å²) in [5, 5.41) is 9.08. The van der Waals surface area contributed by atoms with E-state index in [1.165, 1.54) is 29.2 Å². The van der Waals surface area contributed by atoms with Crippen molar-refractivity contribution in [1.29, 1.82) is 0 Å². The molecule has 1 aromatic rings. The predicted molar refractivity (Wildman–Crippen MR) is 75.8 cm³/mol. The third-order valence-corrected chi connectivity index (χ3v) is 4.99. The summed E-state index contributed by atoms with van der Waals surface area (Å²) < 4.78 is 22.8. The Balaban J connectivity index is 2.20. The topological polar surface area (TPSA) is 91.8 Å². The van der Waals surface area contributed by atoms with Crippen molar-refractivity contribution < 1.29 is 23.1 Å². The Kier molecular flexibility index (Phi) is 4.04. The zero-order chi connectivity index (χ0) is 15.8. The third kappa shape index (κ3) is 3.07. The van der Waals surface area contributed by atoms with Crippen molar-refractivity contribution >= 4 is 21.7 Å². The van der Waals surface area contributed by atoms with Gasteiger partial charge in [0.15, 0.2) is 9.84 Å². The molecule has 1 aromatic carbocycles. The second-order valence-electron chi connectivity index (χ2n) is 5.27. The number of carboxylic acid groups (broad SMARTS) is 1. The van der Waals surface area contributed by atoms with Crippen molar-refractivity contribution in [2.45, 2.75) is 24.3 Å². The summed E-state index contributed by atoms with van der Waals surface area (Å²) in [5.74, 6) is -1.72. The Bertz CT molecular complexity index is 665. The lowest BCUT2D eigenvalue weighted by Crippen LogP contribution is -2.37. The first-order chi connectivity index (χ1) is 9.71. The fraction of sp³-hybridized carbons (Fsp3) is 0.429. The molecule has 1 aliphatic rings. The van der Waals surface area contributed by atoms with Crippen LogP contribution in [0.25, 0.3) is 0 Å². The fourth-order valence-corrected chi connectivity index (χ4v) is 3.20. The summed E-state index contributed by atoms with van der Waals surface area (Å²) in [5.41, 5.74) is 0.361. The number of hydrogen-bond donors (Lipinski definition) is 1. The van der Waals surface area contributed by atoms with Gasteiger partial charge in [0.1, 0.15) is 0 Å². The van der Waals surface area contributed by atoms with E-state index in [0.717, 1.165) is 6.26 Å². The van der Waals surface area contributed by atoms with Crippen LogP contribution in [-0.2, 0) is 14.6 Å². The van der Waals surface area contributed by atoms with Crippen molar-refractivity contribution in [1.82, 2.24) is 4.90 Å². The smallest absolute Gasteiger partial charge is 0.308 e. The largest absolute Gasteiger partial charge is 0.481 e. The van der Waals surface area contributed by atoms with Gasteiger partial charge in [0.2, 0.25) is 0 Å². The minimum atomic E-state index is -3.30. The van der Waals surface area contributed by atoms with Crippen LogP contribution in [0.2, 0.25) is 0 Å². The number of carboxylic acids is 1. The Morgan fingerprint density at radius 2 is 1.81 bits per heavy atom. The van der Waals surface area contributed by atoms with Crippen molar-refractivity contribution in [3.63, 3.8) is 0 Å². The van der Waals surface area contributed by atoms with E-state index in [9.17, 15) is 18.0 Å². The number of sulfone groups is 1. The molecule has 1 amide bonds. The molecule has 21 heavy (non-hydrogen) atoms. The molecule has 0 aliphatic carbocycles. The molecule has 2 rings (SSSR count). The number of carbonyl (C=O) groups is 2. The number of hydrogen-bond acceptors (Lipinski definition) is 4. The second-order valence-corrected chi connectivity index (χ2v) is 7.28. The maximum Gasteiger partial charge on any atom is 0.308 e. The molecule has 1 fully saturated rings. The molecular formula is C14H17NO5S. The van der Waals surface area contributed by atoms with Crippen LogP contribution < -0.4 is 0 Å². The van der Waals surface area contributed by atoms with Crippen molar-refractivity contribution in [2.24, 2.45) is 5.92 Å². The molecule has 1 saturated heterocycles. The number of nitrogens with zero attached hydrogens (tertiary/aromatic N) is 1. The van der Waals surface area contributed by atoms with E-state index in [1.807, 2.05) is 0 Å². The highest BCUT2D eigenvalue weighted by Crippen LogP contribution is 2.26. The van der Waals surface area contributed by atoms with Crippen LogP contribution in [0, 0.1) is 5.92 Å². The number of rotatable bonds is 3. The Morgan fingerprint density at radius 1 is 1.24 bits per heavy atom. The van der Waals surface area contributed by atoms with E-state index in [4.69, 9.17) is 5.11 Å². The Labute approximate surface area is 123 Å². The molecule has 0 saturated carbocycles. The second kappa shape index (κ2) is 5.48. The van der Waals surface area contributed by atoms with Crippen LogP contribution in [0.3, 0.4) is 0 Å². The fourth-order valence-electron chi connectivity index (χ4n) is 2.57. The van der Waals surface area contributed by atoms with Gasteiger partial charge in [-0.25, -0.2) is 8.42 Å². The van der Waals surface area contributed by atoms with Gasteiger partial charge in [-0.1, -0.05) is 0 Å². The number of amides is 1.